The molecular weight excluding hydrogens is 236 g/mol. The minimum Gasteiger partial charge on any atom is -0.399 e. The molecule has 0 spiro atoms. The van der Waals surface area contributed by atoms with Gasteiger partial charge in [0.05, 0.1) is 0 Å². The summed E-state index contributed by atoms with van der Waals surface area (Å²) in [5.74, 6) is 0.314. The number of hydrogen-bond donors (Lipinski definition) is 2. The second-order valence-electron chi connectivity index (χ2n) is 4.86. The van der Waals surface area contributed by atoms with Gasteiger partial charge in [-0.3, -0.25) is 4.79 Å². The first-order valence-corrected chi connectivity index (χ1v) is 6.33. The van der Waals surface area contributed by atoms with Crippen molar-refractivity contribution in [1.82, 2.24) is 0 Å². The molecule has 0 radical (unpaired) electrons. The third-order valence-corrected chi connectivity index (χ3v) is 2.98. The molecule has 3 N–H and O–H groups in total. The van der Waals surface area contributed by atoms with E-state index in [4.69, 9.17) is 5.73 Å². The van der Waals surface area contributed by atoms with Crippen LogP contribution in [-0.2, 0) is 0 Å². The summed E-state index contributed by atoms with van der Waals surface area (Å²) in [6, 6.07) is 14.8. The molecule has 0 aliphatic carbocycles. The summed E-state index contributed by atoms with van der Waals surface area (Å²) in [6.45, 7) is 4.25. The lowest BCUT2D eigenvalue weighted by Gasteiger charge is -2.09. The van der Waals surface area contributed by atoms with Crippen LogP contribution in [0, 0.1) is 0 Å². The lowest BCUT2D eigenvalue weighted by molar-refractivity contribution is 0.102. The Morgan fingerprint density at radius 1 is 1.11 bits per heavy atom. The molecule has 2 rings (SSSR count). The average molecular weight is 254 g/mol. The molecule has 0 bridgehead atoms. The smallest absolute Gasteiger partial charge is 0.255 e. The normalized spacial score (nSPS) is 10.5. The van der Waals surface area contributed by atoms with Crippen LogP contribution in [0.15, 0.2) is 48.5 Å². The van der Waals surface area contributed by atoms with Gasteiger partial charge in [0.1, 0.15) is 0 Å². The van der Waals surface area contributed by atoms with Crippen LogP contribution in [0.4, 0.5) is 11.4 Å². The summed E-state index contributed by atoms with van der Waals surface area (Å²) in [5.41, 5.74) is 8.87. The molecule has 19 heavy (non-hydrogen) atoms. The van der Waals surface area contributed by atoms with Crippen molar-refractivity contribution in [3.8, 4) is 0 Å². The number of amides is 1. The second kappa shape index (κ2) is 5.57. The molecule has 0 heterocycles. The van der Waals surface area contributed by atoms with E-state index in [9.17, 15) is 4.79 Å². The number of carbonyl (C=O) groups is 1. The number of rotatable bonds is 3. The lowest BCUT2D eigenvalue weighted by Crippen LogP contribution is -2.12. The summed E-state index contributed by atoms with van der Waals surface area (Å²) in [5, 5.41) is 2.89. The van der Waals surface area contributed by atoms with E-state index in [1.807, 2.05) is 18.2 Å². The highest BCUT2D eigenvalue weighted by Crippen LogP contribution is 2.19. The summed E-state index contributed by atoms with van der Waals surface area (Å²) in [4.78, 5) is 12.1. The average Bonchev–Trinajstić information content (AvgIpc) is 2.39. The molecule has 0 atom stereocenters. The van der Waals surface area contributed by atoms with Gasteiger partial charge in [-0.05, 0) is 47.9 Å². The molecule has 2 aromatic carbocycles. The van der Waals surface area contributed by atoms with Crippen LogP contribution in [0.3, 0.4) is 0 Å². The highest BCUT2D eigenvalue weighted by atomic mass is 16.1. The highest BCUT2D eigenvalue weighted by molar-refractivity contribution is 6.04. The standard InChI is InChI=1S/C16H18N2O/c1-11(2)13-4-3-5-15(10-13)18-16(19)12-6-8-14(17)9-7-12/h3-11H,17H2,1-2H3,(H,18,19). The molecule has 0 fully saturated rings. The zero-order valence-electron chi connectivity index (χ0n) is 11.2. The van der Waals surface area contributed by atoms with Gasteiger partial charge >= 0.3 is 0 Å². The molecule has 0 aromatic heterocycles. The van der Waals surface area contributed by atoms with E-state index in [2.05, 4.69) is 25.2 Å². The molecule has 0 aliphatic heterocycles. The Morgan fingerprint density at radius 2 is 1.79 bits per heavy atom. The maximum absolute atomic E-state index is 12.1. The lowest BCUT2D eigenvalue weighted by atomic mass is 10.0. The van der Waals surface area contributed by atoms with Crippen LogP contribution in [0.25, 0.3) is 0 Å². The van der Waals surface area contributed by atoms with Crippen LogP contribution < -0.4 is 11.1 Å². The molecule has 3 heteroatoms. The Labute approximate surface area is 113 Å². The van der Waals surface area contributed by atoms with E-state index in [1.165, 1.54) is 5.56 Å². The van der Waals surface area contributed by atoms with E-state index in [0.717, 1.165) is 5.69 Å². The number of nitrogen functional groups attached to an aromatic ring is 1. The van der Waals surface area contributed by atoms with Crippen molar-refractivity contribution in [3.63, 3.8) is 0 Å². The Kier molecular flexibility index (Phi) is 3.85. The topological polar surface area (TPSA) is 55.1 Å². The number of carbonyl (C=O) groups excluding carboxylic acids is 1. The van der Waals surface area contributed by atoms with Crippen LogP contribution >= 0.6 is 0 Å². The van der Waals surface area contributed by atoms with E-state index in [-0.39, 0.29) is 5.91 Å². The van der Waals surface area contributed by atoms with Gasteiger partial charge in [-0.15, -0.1) is 0 Å². The number of nitrogens with one attached hydrogen (secondary N) is 1. The molecule has 0 unspecified atom stereocenters. The Bertz CT molecular complexity index is 574. The van der Waals surface area contributed by atoms with Crippen LogP contribution in [0.1, 0.15) is 35.7 Å². The number of anilines is 2. The number of nitrogens with two attached hydrogens (primary N) is 1. The monoisotopic (exact) mass is 254 g/mol. The Morgan fingerprint density at radius 3 is 2.42 bits per heavy atom. The van der Waals surface area contributed by atoms with E-state index < -0.39 is 0 Å². The summed E-state index contributed by atoms with van der Waals surface area (Å²) in [7, 11) is 0. The molecule has 2 aromatic rings. The van der Waals surface area contributed by atoms with E-state index in [0.29, 0.717) is 17.2 Å². The van der Waals surface area contributed by atoms with Crippen molar-refractivity contribution in [2.45, 2.75) is 19.8 Å². The first kappa shape index (κ1) is 13.1. The third-order valence-electron chi connectivity index (χ3n) is 2.98. The van der Waals surface area contributed by atoms with Gasteiger partial charge in [0.25, 0.3) is 5.91 Å². The fourth-order valence-corrected chi connectivity index (χ4v) is 1.81. The van der Waals surface area contributed by atoms with Crippen molar-refractivity contribution in [3.05, 3.63) is 59.7 Å². The predicted molar refractivity (Wildman–Crippen MR) is 79.3 cm³/mol. The quantitative estimate of drug-likeness (QED) is 0.821. The Balaban J connectivity index is 2.14. The second-order valence-corrected chi connectivity index (χ2v) is 4.86. The predicted octanol–water partition coefficient (Wildman–Crippen LogP) is 3.64. The van der Waals surface area contributed by atoms with E-state index in [1.54, 1.807) is 24.3 Å². The highest BCUT2D eigenvalue weighted by Gasteiger charge is 2.06. The van der Waals surface area contributed by atoms with Crippen LogP contribution in [0.2, 0.25) is 0 Å². The van der Waals surface area contributed by atoms with Gasteiger partial charge in [0, 0.05) is 16.9 Å². The summed E-state index contributed by atoms with van der Waals surface area (Å²) < 4.78 is 0. The summed E-state index contributed by atoms with van der Waals surface area (Å²) >= 11 is 0. The van der Waals surface area contributed by atoms with E-state index >= 15 is 0 Å². The van der Waals surface area contributed by atoms with Gasteiger partial charge in [-0.1, -0.05) is 26.0 Å². The van der Waals surface area contributed by atoms with Crippen molar-refractivity contribution in [2.24, 2.45) is 0 Å². The van der Waals surface area contributed by atoms with Crippen LogP contribution in [0.5, 0.6) is 0 Å². The first-order chi connectivity index (χ1) is 9.06. The molecule has 3 nitrogen and oxygen atoms in total. The number of benzene rings is 2. The molecular formula is C16H18N2O. The summed E-state index contributed by atoms with van der Waals surface area (Å²) in [6.07, 6.45) is 0. The maximum atomic E-state index is 12.1. The zero-order chi connectivity index (χ0) is 13.8. The first-order valence-electron chi connectivity index (χ1n) is 6.33. The number of hydrogen-bond acceptors (Lipinski definition) is 2. The maximum Gasteiger partial charge on any atom is 0.255 e. The largest absolute Gasteiger partial charge is 0.399 e. The minimum absolute atomic E-state index is 0.124. The van der Waals surface area contributed by atoms with Gasteiger partial charge in [0.2, 0.25) is 0 Å². The van der Waals surface area contributed by atoms with Crippen molar-refractivity contribution in [2.75, 3.05) is 11.1 Å². The molecule has 0 saturated heterocycles. The fourth-order valence-electron chi connectivity index (χ4n) is 1.81. The fraction of sp³-hybridized carbons (Fsp3) is 0.188. The van der Waals surface area contributed by atoms with Gasteiger partial charge in [0.15, 0.2) is 0 Å². The van der Waals surface area contributed by atoms with Gasteiger partial charge in [-0.2, -0.15) is 0 Å². The molecule has 0 saturated carbocycles. The van der Waals surface area contributed by atoms with Gasteiger partial charge in [-0.25, -0.2) is 0 Å². The minimum atomic E-state index is -0.124. The van der Waals surface area contributed by atoms with Crippen molar-refractivity contribution in [1.29, 1.82) is 0 Å². The Hall–Kier alpha value is -2.29. The molecule has 1 amide bonds. The van der Waals surface area contributed by atoms with Crippen molar-refractivity contribution < 1.29 is 4.79 Å². The molecule has 98 valence electrons. The zero-order valence-corrected chi connectivity index (χ0v) is 11.2. The third kappa shape index (κ3) is 3.35. The van der Waals surface area contributed by atoms with Gasteiger partial charge < -0.3 is 11.1 Å². The molecule has 0 aliphatic rings. The van der Waals surface area contributed by atoms with Crippen molar-refractivity contribution >= 4 is 17.3 Å². The van der Waals surface area contributed by atoms with Crippen LogP contribution in [-0.4, -0.2) is 5.91 Å². The SMILES string of the molecule is CC(C)c1cccc(NC(=O)c2ccc(N)cc2)c1.